The third kappa shape index (κ3) is 9.26. The van der Waals surface area contributed by atoms with Gasteiger partial charge in [-0.2, -0.15) is 15.0 Å². The van der Waals surface area contributed by atoms with E-state index in [0.717, 1.165) is 0 Å². The van der Waals surface area contributed by atoms with Crippen LogP contribution < -0.4 is 49.1 Å². The van der Waals surface area contributed by atoms with E-state index < -0.39 is 126 Å². The average molecular weight is 817 g/mol. The van der Waals surface area contributed by atoms with Crippen molar-refractivity contribution in [1.29, 1.82) is 0 Å². The lowest BCUT2D eigenvalue weighted by atomic mass is 9.96. The highest BCUT2D eigenvalue weighted by molar-refractivity contribution is 5.95. The number of anilines is 3. The summed E-state index contributed by atoms with van der Waals surface area (Å²) in [4.78, 5) is 92.2. The standard InChI is InChI=1S/C33H60N12O12/c1-7-13-28(52,19(34)46)43(29(53,14-8-2)20(35)47)25-40-26(44(30(54,15-9-3)21(36)48)31(55,16-10-4)22(37)49)42-27(41-25)45(32(56,17-11-5)23(38)50)33(57,18-12-6)24(39)51/h52-57H,7-18H2,1-6H3,(H2,34,46)(H2,35,47)(H2,36,48)(H2,37,49)(H2,38,50)(H2,39,51). The Kier molecular flexibility index (Phi) is 16.6. The van der Waals surface area contributed by atoms with Crippen LogP contribution >= 0.6 is 0 Å². The van der Waals surface area contributed by atoms with Gasteiger partial charge in [-0.05, 0) is 0 Å². The Bertz CT molecular complexity index is 1370. The molecule has 0 bridgehead atoms. The van der Waals surface area contributed by atoms with Crippen LogP contribution in [0.3, 0.4) is 0 Å². The predicted octanol–water partition coefficient (Wildman–Crippen LogP) is -3.87. The maximum absolute atomic E-state index is 13.2. The highest BCUT2D eigenvalue weighted by atomic mass is 16.4. The molecule has 1 aromatic rings. The lowest BCUT2D eigenvalue weighted by Gasteiger charge is -2.49. The number of aromatic nitrogens is 3. The number of carbonyl (C=O) groups is 6. The molecule has 0 saturated heterocycles. The number of amides is 6. The highest BCUT2D eigenvalue weighted by Gasteiger charge is 2.60. The summed E-state index contributed by atoms with van der Waals surface area (Å²) in [7, 11) is 0. The Morgan fingerprint density at radius 2 is 0.491 bits per heavy atom. The van der Waals surface area contributed by atoms with Crippen molar-refractivity contribution in [2.24, 2.45) is 34.4 Å². The van der Waals surface area contributed by atoms with Gasteiger partial charge in [0.25, 0.3) is 35.4 Å². The largest absolute Gasteiger partial charge is 0.365 e. The van der Waals surface area contributed by atoms with Gasteiger partial charge in [-0.3, -0.25) is 43.5 Å². The van der Waals surface area contributed by atoms with Gasteiger partial charge < -0.3 is 65.0 Å². The predicted molar refractivity (Wildman–Crippen MR) is 202 cm³/mol. The van der Waals surface area contributed by atoms with Gasteiger partial charge in [-0.1, -0.05) is 80.1 Å². The van der Waals surface area contributed by atoms with E-state index in [1.165, 1.54) is 41.5 Å². The smallest absolute Gasteiger partial charge is 0.270 e. The lowest BCUT2D eigenvalue weighted by molar-refractivity contribution is -0.153. The number of hydrogen-bond donors (Lipinski definition) is 12. The Balaban J connectivity index is 5.30. The van der Waals surface area contributed by atoms with Crippen molar-refractivity contribution in [3.8, 4) is 0 Å². The molecule has 324 valence electrons. The maximum atomic E-state index is 13.2. The number of primary amides is 6. The molecule has 0 aliphatic heterocycles. The molecule has 24 heteroatoms. The quantitative estimate of drug-likeness (QED) is 0.0378. The van der Waals surface area contributed by atoms with Crippen LogP contribution in [0.15, 0.2) is 0 Å². The van der Waals surface area contributed by atoms with Crippen molar-refractivity contribution in [1.82, 2.24) is 15.0 Å². The van der Waals surface area contributed by atoms with E-state index in [4.69, 9.17) is 34.4 Å². The van der Waals surface area contributed by atoms with Gasteiger partial charge in [0.2, 0.25) is 52.2 Å². The summed E-state index contributed by atoms with van der Waals surface area (Å²) < 4.78 is 0. The minimum atomic E-state index is -3.21. The number of rotatable bonds is 27. The van der Waals surface area contributed by atoms with Crippen molar-refractivity contribution in [3.05, 3.63) is 0 Å². The Morgan fingerprint density at radius 1 is 0.368 bits per heavy atom. The number of nitrogens with two attached hydrogens (primary N) is 6. The summed E-state index contributed by atoms with van der Waals surface area (Å²) in [5.41, 5.74) is 14.9. The second kappa shape index (κ2) is 19.0. The fraction of sp³-hybridized carbons (Fsp3) is 0.727. The molecule has 0 aliphatic rings. The third-order valence-corrected chi connectivity index (χ3v) is 9.38. The first-order valence-electron chi connectivity index (χ1n) is 18.5. The number of nitrogens with zero attached hydrogens (tertiary/aromatic N) is 6. The normalized spacial score (nSPS) is 17.9. The summed E-state index contributed by atoms with van der Waals surface area (Å²) >= 11 is 0. The first-order valence-corrected chi connectivity index (χ1v) is 18.5. The molecule has 57 heavy (non-hydrogen) atoms. The number of aliphatic hydroxyl groups is 6. The van der Waals surface area contributed by atoms with E-state index in [0.29, 0.717) is 0 Å². The molecule has 1 aromatic heterocycles. The van der Waals surface area contributed by atoms with E-state index in [1.54, 1.807) is 0 Å². The van der Waals surface area contributed by atoms with Crippen LogP contribution in [0, 0.1) is 0 Å². The zero-order chi connectivity index (χ0) is 44.5. The van der Waals surface area contributed by atoms with Gasteiger partial charge >= 0.3 is 0 Å². The first kappa shape index (κ1) is 50.0. The molecule has 1 heterocycles. The molecular weight excluding hydrogens is 756 g/mol. The molecule has 0 spiro atoms. The van der Waals surface area contributed by atoms with E-state index in [-0.39, 0.29) is 53.2 Å². The first-order chi connectivity index (χ1) is 26.2. The molecular formula is C33H60N12O12. The van der Waals surface area contributed by atoms with E-state index in [2.05, 4.69) is 15.0 Å². The highest BCUT2D eigenvalue weighted by Crippen LogP contribution is 2.41. The molecule has 0 aliphatic carbocycles. The fourth-order valence-electron chi connectivity index (χ4n) is 6.72. The van der Waals surface area contributed by atoms with Crippen LogP contribution in [0.1, 0.15) is 119 Å². The van der Waals surface area contributed by atoms with Crippen LogP contribution in [-0.2, 0) is 28.8 Å². The maximum Gasteiger partial charge on any atom is 0.270 e. The molecule has 6 atom stereocenters. The van der Waals surface area contributed by atoms with Crippen LogP contribution in [-0.4, -0.2) is 115 Å². The van der Waals surface area contributed by atoms with Gasteiger partial charge in [0.1, 0.15) is 0 Å². The van der Waals surface area contributed by atoms with E-state index in [9.17, 15) is 59.4 Å². The summed E-state index contributed by atoms with van der Waals surface area (Å²) in [6, 6.07) is 0. The van der Waals surface area contributed by atoms with Gasteiger partial charge in [0.15, 0.2) is 0 Å². The van der Waals surface area contributed by atoms with Gasteiger partial charge in [-0.15, -0.1) is 0 Å². The molecule has 6 amide bonds. The minimum Gasteiger partial charge on any atom is -0.365 e. The van der Waals surface area contributed by atoms with Crippen LogP contribution in [0.5, 0.6) is 0 Å². The van der Waals surface area contributed by atoms with Gasteiger partial charge in [-0.25, -0.2) is 0 Å². The SMILES string of the molecule is CCCC(O)(C(N)=O)N(c1nc(N(C(O)(CCC)C(N)=O)C(O)(CCC)C(N)=O)nc(N(C(O)(CCC)C(N)=O)C(O)(CCC)C(N)=O)n1)C(O)(CCC)C(N)=O. The van der Waals surface area contributed by atoms with Crippen LogP contribution in [0.25, 0.3) is 0 Å². The van der Waals surface area contributed by atoms with Crippen LogP contribution in [0.2, 0.25) is 0 Å². The lowest BCUT2D eigenvalue weighted by Crippen LogP contribution is -2.73. The number of hydrogen-bond acceptors (Lipinski definition) is 18. The van der Waals surface area contributed by atoms with Crippen molar-refractivity contribution < 1.29 is 59.4 Å². The van der Waals surface area contributed by atoms with Crippen LogP contribution in [0.4, 0.5) is 17.8 Å². The molecule has 0 saturated carbocycles. The summed E-state index contributed by atoms with van der Waals surface area (Å²) in [5, 5.41) is 72.4. The molecule has 6 unspecified atom stereocenters. The Labute approximate surface area is 329 Å². The third-order valence-electron chi connectivity index (χ3n) is 9.38. The van der Waals surface area contributed by atoms with Crippen molar-refractivity contribution in [2.45, 2.75) is 153 Å². The zero-order valence-electron chi connectivity index (χ0n) is 33.3. The second-order valence-corrected chi connectivity index (χ2v) is 13.8. The fourth-order valence-corrected chi connectivity index (χ4v) is 6.72. The average Bonchev–Trinajstić information content (AvgIpc) is 3.08. The van der Waals surface area contributed by atoms with Crippen molar-refractivity contribution >= 4 is 53.3 Å². The molecule has 18 N–H and O–H groups in total. The summed E-state index contributed by atoms with van der Waals surface area (Å²) in [6.07, 6.45) is -4.99. The Morgan fingerprint density at radius 3 is 0.579 bits per heavy atom. The Hall–Kier alpha value is -5.01. The summed E-state index contributed by atoms with van der Waals surface area (Å²) in [6.45, 7) is 8.71. The van der Waals surface area contributed by atoms with Gasteiger partial charge in [0.05, 0.1) is 0 Å². The molecule has 1 rings (SSSR count). The van der Waals surface area contributed by atoms with Crippen molar-refractivity contribution in [3.63, 3.8) is 0 Å². The second-order valence-electron chi connectivity index (χ2n) is 13.8. The number of carbonyl (C=O) groups excluding carboxylic acids is 6. The van der Waals surface area contributed by atoms with Gasteiger partial charge in [0, 0.05) is 38.5 Å². The zero-order valence-corrected chi connectivity index (χ0v) is 33.3. The molecule has 0 aromatic carbocycles. The van der Waals surface area contributed by atoms with Crippen molar-refractivity contribution in [2.75, 3.05) is 14.7 Å². The molecule has 0 fully saturated rings. The molecule has 24 nitrogen and oxygen atoms in total. The topological polar surface area (TPSA) is 428 Å². The van der Waals surface area contributed by atoms with E-state index in [1.807, 2.05) is 0 Å². The monoisotopic (exact) mass is 816 g/mol. The minimum absolute atomic E-state index is 0.119. The summed E-state index contributed by atoms with van der Waals surface area (Å²) in [5.74, 6) is -13.7. The molecule has 0 radical (unpaired) electrons. The van der Waals surface area contributed by atoms with E-state index >= 15 is 0 Å².